The fourth-order valence-electron chi connectivity index (χ4n) is 3.14. The number of benzene rings is 2. The first-order chi connectivity index (χ1) is 16.8. The summed E-state index contributed by atoms with van der Waals surface area (Å²) in [6.07, 6.45) is 3.45. The van der Waals surface area contributed by atoms with E-state index in [2.05, 4.69) is 19.7 Å². The molecule has 2 aromatic heterocycles. The highest BCUT2D eigenvalue weighted by Gasteiger charge is 2.21. The largest absolute Gasteiger partial charge is 0.389 e. The van der Waals surface area contributed by atoms with Crippen LogP contribution in [0.4, 0.5) is 0 Å². The Kier molecular flexibility index (Phi) is 7.11. The van der Waals surface area contributed by atoms with E-state index in [-0.39, 0.29) is 10.5 Å². The quantitative estimate of drug-likeness (QED) is 0.193. The second-order valence-corrected chi connectivity index (χ2v) is 9.17. The van der Waals surface area contributed by atoms with E-state index in [0.717, 1.165) is 11.1 Å². The maximum absolute atomic E-state index is 12.3. The van der Waals surface area contributed by atoms with Crippen LogP contribution in [0.3, 0.4) is 0 Å². The van der Waals surface area contributed by atoms with Crippen LogP contribution in [-0.4, -0.2) is 41.5 Å². The van der Waals surface area contributed by atoms with Crippen LogP contribution < -0.4 is 10.5 Å². The fourth-order valence-corrected chi connectivity index (χ4v) is 4.27. The van der Waals surface area contributed by atoms with Crippen molar-refractivity contribution in [3.8, 4) is 0 Å². The van der Waals surface area contributed by atoms with Crippen LogP contribution in [0, 0.1) is 0 Å². The smallest absolute Gasteiger partial charge is 0.345 e. The molecule has 0 amide bonds. The lowest BCUT2D eigenvalue weighted by atomic mass is 10.1. The number of nitrogens with zero attached hydrogens (tertiary/aromatic N) is 2. The summed E-state index contributed by atoms with van der Waals surface area (Å²) in [5, 5.41) is 0. The van der Waals surface area contributed by atoms with Gasteiger partial charge in [0.1, 0.15) is 5.82 Å². The molecule has 11 heteroatoms. The van der Waals surface area contributed by atoms with Crippen LogP contribution in [-0.2, 0) is 19.6 Å². The van der Waals surface area contributed by atoms with E-state index in [1.54, 1.807) is 48.7 Å². The van der Waals surface area contributed by atoms with Crippen LogP contribution in [0.5, 0.6) is 0 Å². The Bertz CT molecular complexity index is 1450. The van der Waals surface area contributed by atoms with Gasteiger partial charge in [-0.2, -0.15) is 4.72 Å². The first kappa shape index (κ1) is 24.0. The van der Waals surface area contributed by atoms with Gasteiger partial charge in [-0.15, -0.1) is 0 Å². The van der Waals surface area contributed by atoms with Crippen LogP contribution in [0.2, 0.25) is 0 Å². The summed E-state index contributed by atoms with van der Waals surface area (Å²) in [7, 11) is -3.91. The van der Waals surface area contributed by atoms with Gasteiger partial charge in [0, 0.05) is 6.20 Å². The second kappa shape index (κ2) is 10.4. The lowest BCUT2D eigenvalue weighted by molar-refractivity contribution is -0.138. The Morgan fingerprint density at radius 2 is 1.77 bits per heavy atom. The van der Waals surface area contributed by atoms with Crippen LogP contribution in [0.25, 0.3) is 23.3 Å². The number of nitrogens with one attached hydrogen (secondary N) is 2. The van der Waals surface area contributed by atoms with Crippen LogP contribution >= 0.6 is 0 Å². The number of rotatable bonds is 8. The zero-order valence-electron chi connectivity index (χ0n) is 18.3. The molecule has 35 heavy (non-hydrogen) atoms. The highest BCUT2D eigenvalue weighted by atomic mass is 32.2. The highest BCUT2D eigenvalue weighted by molar-refractivity contribution is 7.89. The van der Waals surface area contributed by atoms with Crippen molar-refractivity contribution in [2.75, 3.05) is 0 Å². The lowest BCUT2D eigenvalue weighted by Gasteiger charge is -2.13. The molecule has 10 nitrogen and oxygen atoms in total. The molecule has 0 aliphatic heterocycles. The van der Waals surface area contributed by atoms with Gasteiger partial charge in [-0.1, -0.05) is 36.4 Å². The molecule has 4 N–H and O–H groups in total. The molecule has 0 unspecified atom stereocenters. The lowest BCUT2D eigenvalue weighted by Crippen LogP contribution is -2.43. The van der Waals surface area contributed by atoms with E-state index < -0.39 is 34.5 Å². The number of imidazole rings is 1. The number of ether oxygens (including phenoxy) is 1. The molecule has 0 fully saturated rings. The summed E-state index contributed by atoms with van der Waals surface area (Å²) in [5.41, 5.74) is 8.10. The third-order valence-corrected chi connectivity index (χ3v) is 6.31. The summed E-state index contributed by atoms with van der Waals surface area (Å²) >= 11 is 0. The van der Waals surface area contributed by atoms with Crippen molar-refractivity contribution < 1.29 is 22.7 Å². The molecule has 4 rings (SSSR count). The minimum Gasteiger partial charge on any atom is -0.389 e. The molecule has 0 radical (unpaired) electrons. The minimum absolute atomic E-state index is 0.00558. The van der Waals surface area contributed by atoms with E-state index in [1.807, 2.05) is 12.1 Å². The average molecular weight is 492 g/mol. The minimum atomic E-state index is -3.91. The molecule has 0 aliphatic rings. The molecule has 0 bridgehead atoms. The van der Waals surface area contributed by atoms with Gasteiger partial charge in [0.15, 0.2) is 5.65 Å². The van der Waals surface area contributed by atoms with Gasteiger partial charge < -0.3 is 15.5 Å². The van der Waals surface area contributed by atoms with Gasteiger partial charge in [0.05, 0.1) is 28.6 Å². The molecule has 2 aromatic carbocycles. The number of esters is 2. The Morgan fingerprint density at radius 3 is 2.49 bits per heavy atom. The molecule has 178 valence electrons. The van der Waals surface area contributed by atoms with Gasteiger partial charge in [-0.25, -0.2) is 23.2 Å². The molecular weight excluding hydrogens is 470 g/mol. The van der Waals surface area contributed by atoms with E-state index in [4.69, 9.17) is 10.5 Å². The molecule has 1 atom stereocenters. The number of H-pyrrole nitrogens is 1. The van der Waals surface area contributed by atoms with Crippen LogP contribution in [0.1, 0.15) is 28.2 Å². The zero-order chi connectivity index (χ0) is 24.8. The molecule has 0 saturated heterocycles. The number of hydrogen-bond donors (Lipinski definition) is 3. The van der Waals surface area contributed by atoms with Crippen molar-refractivity contribution in [2.24, 2.45) is 5.73 Å². The fraction of sp³-hybridized carbons (Fsp3) is 0.0833. The molecule has 4 aromatic rings. The summed E-state index contributed by atoms with van der Waals surface area (Å²) < 4.78 is 31.5. The van der Waals surface area contributed by atoms with Crippen molar-refractivity contribution in [2.45, 2.75) is 17.5 Å². The predicted molar refractivity (Wildman–Crippen MR) is 129 cm³/mol. The number of nitrogens with two attached hydrogens (primary N) is 1. The van der Waals surface area contributed by atoms with Crippen molar-refractivity contribution in [1.82, 2.24) is 19.7 Å². The van der Waals surface area contributed by atoms with Crippen molar-refractivity contribution >= 4 is 45.3 Å². The normalized spacial score (nSPS) is 12.6. The summed E-state index contributed by atoms with van der Waals surface area (Å²) in [6.45, 7) is 0. The third-order valence-electron chi connectivity index (χ3n) is 4.81. The number of fused-ring (bicyclic) bond motifs is 1. The van der Waals surface area contributed by atoms with E-state index in [0.29, 0.717) is 11.5 Å². The number of aromatic amines is 1. The van der Waals surface area contributed by atoms with Crippen molar-refractivity contribution in [1.29, 1.82) is 0 Å². The number of carbonyl (C=O) groups is 2. The third kappa shape index (κ3) is 6.23. The van der Waals surface area contributed by atoms with Gasteiger partial charge >= 0.3 is 11.9 Å². The van der Waals surface area contributed by atoms with Gasteiger partial charge in [0.2, 0.25) is 10.0 Å². The molecular formula is C24H21N5O5S. The number of pyridine rings is 1. The Morgan fingerprint density at radius 1 is 1.03 bits per heavy atom. The monoisotopic (exact) mass is 491 g/mol. The number of sulfonamides is 1. The van der Waals surface area contributed by atoms with Crippen molar-refractivity contribution in [3.63, 3.8) is 0 Å². The van der Waals surface area contributed by atoms with E-state index in [1.165, 1.54) is 24.3 Å². The number of carbonyl (C=O) groups excluding carboxylic acids is 2. The van der Waals surface area contributed by atoms with Gasteiger partial charge in [-0.05, 0) is 48.0 Å². The predicted octanol–water partition coefficient (Wildman–Crippen LogP) is 2.47. The number of aromatic nitrogens is 3. The second-order valence-electron chi connectivity index (χ2n) is 7.46. The topological polar surface area (TPSA) is 157 Å². The highest BCUT2D eigenvalue weighted by Crippen LogP contribution is 2.13. The molecule has 0 saturated carbocycles. The zero-order valence-corrected chi connectivity index (χ0v) is 19.1. The Hall–Kier alpha value is -4.19. The van der Waals surface area contributed by atoms with Gasteiger partial charge in [0.25, 0.3) is 0 Å². The maximum Gasteiger partial charge on any atom is 0.345 e. The summed E-state index contributed by atoms with van der Waals surface area (Å²) in [5.74, 6) is -1.19. The van der Waals surface area contributed by atoms with E-state index in [9.17, 15) is 18.0 Å². The molecule has 2 heterocycles. The Balaban J connectivity index is 1.31. The SMILES string of the molecule is N[C@H](CC(=O)OC(=O)c1ccc(C=Cc2nc3ncccc3[nH]2)cc1)NS(=O)(=O)c1ccccc1. The van der Waals surface area contributed by atoms with Crippen LogP contribution in [0.15, 0.2) is 77.8 Å². The standard InChI is InChI=1S/C24H21N5O5S/c25-20(29-35(32,33)18-5-2-1-3-6-18)15-22(30)34-24(31)17-11-8-16(9-12-17)10-13-21-27-19-7-4-14-26-23(19)28-21/h1-14,20,29H,15,25H2,(H,26,27,28)/t20-/m0/s1. The molecule has 0 aliphatic carbocycles. The van der Waals surface area contributed by atoms with E-state index >= 15 is 0 Å². The number of hydrogen-bond acceptors (Lipinski definition) is 8. The summed E-state index contributed by atoms with van der Waals surface area (Å²) in [6, 6.07) is 17.6. The summed E-state index contributed by atoms with van der Waals surface area (Å²) in [4.78, 5) is 36.0. The Labute approximate surface area is 200 Å². The first-order valence-corrected chi connectivity index (χ1v) is 12.0. The maximum atomic E-state index is 12.3. The molecule has 0 spiro atoms. The van der Waals surface area contributed by atoms with Crippen molar-refractivity contribution in [3.05, 3.63) is 89.9 Å². The first-order valence-electron chi connectivity index (χ1n) is 10.5. The average Bonchev–Trinajstić information content (AvgIpc) is 3.26. The van der Waals surface area contributed by atoms with Gasteiger partial charge in [-0.3, -0.25) is 4.79 Å².